The van der Waals surface area contributed by atoms with Gasteiger partial charge in [-0.1, -0.05) is 11.6 Å². The molecule has 0 unspecified atom stereocenters. The lowest BCUT2D eigenvalue weighted by atomic mass is 10.1. The summed E-state index contributed by atoms with van der Waals surface area (Å²) in [6.07, 6.45) is 7.21. The molecule has 7 heteroatoms. The van der Waals surface area contributed by atoms with E-state index in [1.165, 1.54) is 0 Å². The molecule has 1 aliphatic heterocycles. The molecule has 1 saturated heterocycles. The summed E-state index contributed by atoms with van der Waals surface area (Å²) in [5.41, 5.74) is 0.896. The summed E-state index contributed by atoms with van der Waals surface area (Å²) in [5.74, 6) is 0.976. The van der Waals surface area contributed by atoms with Crippen LogP contribution in [0.1, 0.15) is 12.8 Å². The summed E-state index contributed by atoms with van der Waals surface area (Å²) < 4.78 is 0. The molecule has 5 nitrogen and oxygen atoms in total. The fraction of sp³-hybridized carbons (Fsp3) is 0.312. The first-order chi connectivity index (χ1) is 11.2. The predicted molar refractivity (Wildman–Crippen MR) is 98.1 cm³/mol. The van der Waals surface area contributed by atoms with Crippen LogP contribution in [0.2, 0.25) is 5.02 Å². The number of halogens is 1. The van der Waals surface area contributed by atoms with Gasteiger partial charge in [-0.3, -0.25) is 4.98 Å². The van der Waals surface area contributed by atoms with Crippen molar-refractivity contribution in [3.63, 3.8) is 0 Å². The molecule has 1 fully saturated rings. The number of hydrogen-bond acceptors (Lipinski definition) is 4. The number of piperidine rings is 1. The number of pyridine rings is 2. The number of nitrogens with one attached hydrogen (secondary N) is 2. The lowest BCUT2D eigenvalue weighted by Crippen LogP contribution is -2.46. The van der Waals surface area contributed by atoms with Crippen LogP contribution in [0.3, 0.4) is 0 Å². The molecule has 0 atom stereocenters. The van der Waals surface area contributed by atoms with Crippen LogP contribution in [-0.4, -0.2) is 34.2 Å². The Morgan fingerprint density at radius 2 is 2.04 bits per heavy atom. The van der Waals surface area contributed by atoms with Crippen molar-refractivity contribution in [1.82, 2.24) is 15.3 Å². The zero-order chi connectivity index (χ0) is 16.1. The summed E-state index contributed by atoms with van der Waals surface area (Å²) in [5, 5.41) is 7.83. The van der Waals surface area contributed by atoms with Crippen molar-refractivity contribution in [3.05, 3.63) is 47.9 Å². The molecule has 0 aliphatic carbocycles. The topological polar surface area (TPSA) is 53.1 Å². The third kappa shape index (κ3) is 4.53. The molecule has 0 saturated carbocycles. The minimum Gasteiger partial charge on any atom is -0.360 e. The smallest absolute Gasteiger partial charge is 0.171 e. The molecule has 23 heavy (non-hydrogen) atoms. The second kappa shape index (κ2) is 7.57. The molecule has 1 aliphatic rings. The van der Waals surface area contributed by atoms with E-state index in [4.69, 9.17) is 23.8 Å². The van der Waals surface area contributed by atoms with Crippen molar-refractivity contribution in [2.45, 2.75) is 18.9 Å². The molecule has 0 radical (unpaired) electrons. The molecule has 0 spiro atoms. The maximum absolute atomic E-state index is 5.88. The molecular weight excluding hydrogens is 330 g/mol. The van der Waals surface area contributed by atoms with Gasteiger partial charge in [-0.15, -0.1) is 0 Å². The Hall–Kier alpha value is -1.92. The van der Waals surface area contributed by atoms with Crippen LogP contribution in [0.4, 0.5) is 11.5 Å². The number of aromatic nitrogens is 2. The van der Waals surface area contributed by atoms with E-state index in [1.807, 2.05) is 24.3 Å². The molecule has 2 N–H and O–H groups in total. The second-order valence-corrected chi connectivity index (χ2v) is 6.28. The van der Waals surface area contributed by atoms with Gasteiger partial charge in [0.1, 0.15) is 5.82 Å². The van der Waals surface area contributed by atoms with Gasteiger partial charge in [0.05, 0.1) is 16.9 Å². The van der Waals surface area contributed by atoms with Gasteiger partial charge < -0.3 is 15.5 Å². The maximum atomic E-state index is 5.88. The van der Waals surface area contributed by atoms with E-state index in [0.29, 0.717) is 16.2 Å². The van der Waals surface area contributed by atoms with Crippen LogP contribution in [-0.2, 0) is 0 Å². The van der Waals surface area contributed by atoms with Crippen LogP contribution in [0.5, 0.6) is 0 Å². The normalized spacial score (nSPS) is 15.3. The van der Waals surface area contributed by atoms with E-state index in [0.717, 1.165) is 37.4 Å². The number of hydrogen-bond donors (Lipinski definition) is 2. The monoisotopic (exact) mass is 347 g/mol. The summed E-state index contributed by atoms with van der Waals surface area (Å²) >= 11 is 11.2. The lowest BCUT2D eigenvalue weighted by Gasteiger charge is -2.33. The van der Waals surface area contributed by atoms with E-state index in [9.17, 15) is 0 Å². The fourth-order valence-electron chi connectivity index (χ4n) is 2.60. The Balaban J connectivity index is 1.47. The summed E-state index contributed by atoms with van der Waals surface area (Å²) in [7, 11) is 0. The van der Waals surface area contributed by atoms with E-state index in [2.05, 4.69) is 25.5 Å². The van der Waals surface area contributed by atoms with Crippen LogP contribution in [0.15, 0.2) is 42.9 Å². The Kier molecular flexibility index (Phi) is 5.25. The average molecular weight is 348 g/mol. The van der Waals surface area contributed by atoms with Crippen LogP contribution >= 0.6 is 23.8 Å². The van der Waals surface area contributed by atoms with E-state index in [-0.39, 0.29) is 0 Å². The van der Waals surface area contributed by atoms with Gasteiger partial charge in [0, 0.05) is 31.5 Å². The van der Waals surface area contributed by atoms with Gasteiger partial charge in [0.2, 0.25) is 0 Å². The lowest BCUT2D eigenvalue weighted by molar-refractivity contribution is 0.466. The number of thiocarbonyl (C=S) groups is 1. The van der Waals surface area contributed by atoms with Gasteiger partial charge >= 0.3 is 0 Å². The van der Waals surface area contributed by atoms with E-state index in [1.54, 1.807) is 18.6 Å². The molecule has 3 rings (SSSR count). The van der Waals surface area contributed by atoms with Gasteiger partial charge in [-0.05, 0) is 49.3 Å². The van der Waals surface area contributed by atoms with Crippen molar-refractivity contribution in [3.8, 4) is 0 Å². The zero-order valence-electron chi connectivity index (χ0n) is 12.6. The number of nitrogens with zero attached hydrogens (tertiary/aromatic N) is 3. The molecule has 0 bridgehead atoms. The van der Waals surface area contributed by atoms with Crippen LogP contribution in [0, 0.1) is 0 Å². The minimum atomic E-state index is 0.371. The molecule has 120 valence electrons. The molecule has 0 aromatic carbocycles. The highest BCUT2D eigenvalue weighted by atomic mass is 35.5. The van der Waals surface area contributed by atoms with Crippen molar-refractivity contribution >= 4 is 40.4 Å². The highest BCUT2D eigenvalue weighted by Gasteiger charge is 2.20. The average Bonchev–Trinajstić information content (AvgIpc) is 2.57. The predicted octanol–water partition coefficient (Wildman–Crippen LogP) is 3.09. The largest absolute Gasteiger partial charge is 0.360 e. The Morgan fingerprint density at radius 3 is 2.70 bits per heavy atom. The summed E-state index contributed by atoms with van der Waals surface area (Å²) in [6, 6.07) is 8.03. The quantitative estimate of drug-likeness (QED) is 0.832. The van der Waals surface area contributed by atoms with Crippen molar-refractivity contribution in [2.24, 2.45) is 0 Å². The molecular formula is C16H18ClN5S. The molecule has 2 aromatic heterocycles. The Morgan fingerprint density at radius 1 is 1.22 bits per heavy atom. The van der Waals surface area contributed by atoms with Crippen LogP contribution < -0.4 is 15.5 Å². The SMILES string of the molecule is S=C(Nc1cccnc1)NC1CCN(c2ccc(Cl)cn2)CC1. The number of rotatable bonds is 3. The summed E-state index contributed by atoms with van der Waals surface area (Å²) in [6.45, 7) is 1.89. The van der Waals surface area contributed by atoms with E-state index < -0.39 is 0 Å². The number of anilines is 2. The third-order valence-corrected chi connectivity index (χ3v) is 4.23. The minimum absolute atomic E-state index is 0.371. The fourth-order valence-corrected chi connectivity index (χ4v) is 2.99. The highest BCUT2D eigenvalue weighted by Crippen LogP contribution is 2.19. The second-order valence-electron chi connectivity index (χ2n) is 5.44. The molecule has 2 aromatic rings. The van der Waals surface area contributed by atoms with Gasteiger partial charge in [-0.25, -0.2) is 4.98 Å². The van der Waals surface area contributed by atoms with Gasteiger partial charge in [-0.2, -0.15) is 0 Å². The van der Waals surface area contributed by atoms with Gasteiger partial charge in [0.25, 0.3) is 0 Å². The zero-order valence-corrected chi connectivity index (χ0v) is 14.1. The Bertz CT molecular complexity index is 641. The molecule has 0 amide bonds. The molecule has 3 heterocycles. The van der Waals surface area contributed by atoms with Gasteiger partial charge in [0.15, 0.2) is 5.11 Å². The highest BCUT2D eigenvalue weighted by molar-refractivity contribution is 7.80. The van der Waals surface area contributed by atoms with Crippen molar-refractivity contribution < 1.29 is 0 Å². The van der Waals surface area contributed by atoms with Crippen LogP contribution in [0.25, 0.3) is 0 Å². The first-order valence-corrected chi connectivity index (χ1v) is 8.33. The van der Waals surface area contributed by atoms with Crippen molar-refractivity contribution in [2.75, 3.05) is 23.3 Å². The Labute approximate surface area is 146 Å². The maximum Gasteiger partial charge on any atom is 0.171 e. The summed E-state index contributed by atoms with van der Waals surface area (Å²) in [4.78, 5) is 10.7. The van der Waals surface area contributed by atoms with E-state index >= 15 is 0 Å². The third-order valence-electron chi connectivity index (χ3n) is 3.79. The first kappa shape index (κ1) is 16.0. The van der Waals surface area contributed by atoms with Crippen molar-refractivity contribution in [1.29, 1.82) is 0 Å². The first-order valence-electron chi connectivity index (χ1n) is 7.55. The standard InChI is InChI=1S/C16H18ClN5S/c17-12-3-4-15(19-10-12)22-8-5-13(6-9-22)20-16(23)21-14-2-1-7-18-11-14/h1-4,7,10-11,13H,5-6,8-9H2,(H2,20,21,23).